The van der Waals surface area contributed by atoms with Crippen LogP contribution in [0.5, 0.6) is 5.75 Å². The number of hydrogen-bond donors (Lipinski definition) is 1. The van der Waals surface area contributed by atoms with Crippen LogP contribution in [0.25, 0.3) is 0 Å². The van der Waals surface area contributed by atoms with Gasteiger partial charge in [0, 0.05) is 24.9 Å². The normalized spacial score (nSPS) is 10.1. The fourth-order valence-electron chi connectivity index (χ4n) is 2.31. The molecule has 0 spiro atoms. The van der Waals surface area contributed by atoms with E-state index in [9.17, 15) is 14.4 Å². The summed E-state index contributed by atoms with van der Waals surface area (Å²) in [6.45, 7) is 0.330. The number of nitrogens with one attached hydrogen (secondary N) is 1. The van der Waals surface area contributed by atoms with Gasteiger partial charge in [0.05, 0.1) is 19.8 Å². The topological polar surface area (TPSA) is 81.7 Å². The summed E-state index contributed by atoms with van der Waals surface area (Å²) in [7, 11) is 2.88. The molecule has 0 aromatic heterocycles. The largest absolute Gasteiger partial charge is 0.497 e. The van der Waals surface area contributed by atoms with Crippen LogP contribution in [0.3, 0.4) is 0 Å². The molecule has 0 bridgehead atoms. The number of hydrogen-bond acceptors (Lipinski definition) is 5. The Bertz CT molecular complexity index is 766. The third kappa shape index (κ3) is 5.44. The van der Waals surface area contributed by atoms with E-state index in [0.29, 0.717) is 23.4 Å². The summed E-state index contributed by atoms with van der Waals surface area (Å²) < 4.78 is 9.68. The van der Waals surface area contributed by atoms with Gasteiger partial charge in [-0.2, -0.15) is 0 Å². The third-order valence-electron chi connectivity index (χ3n) is 3.86. The van der Waals surface area contributed by atoms with Gasteiger partial charge in [0.2, 0.25) is 5.91 Å². The van der Waals surface area contributed by atoms with Crippen LogP contribution in [0.4, 0.5) is 0 Å². The fourth-order valence-corrected chi connectivity index (χ4v) is 2.31. The number of rotatable bonds is 8. The highest BCUT2D eigenvalue weighted by Crippen LogP contribution is 2.13. The number of esters is 1. The molecule has 0 saturated heterocycles. The molecule has 2 rings (SSSR count). The second-order valence-electron chi connectivity index (χ2n) is 5.62. The van der Waals surface area contributed by atoms with Crippen molar-refractivity contribution < 1.29 is 23.9 Å². The summed E-state index contributed by atoms with van der Waals surface area (Å²) in [6, 6.07) is 13.6. The van der Waals surface area contributed by atoms with Gasteiger partial charge in [-0.05, 0) is 42.0 Å². The summed E-state index contributed by atoms with van der Waals surface area (Å²) in [6.07, 6.45) is 0.255. The summed E-state index contributed by atoms with van der Waals surface area (Å²) in [4.78, 5) is 35.4. The minimum atomic E-state index is -0.405. The Morgan fingerprint density at radius 2 is 1.46 bits per heavy atom. The molecule has 0 atom stereocenters. The molecule has 0 aliphatic rings. The number of Topliss-reactive ketones (excluding diaryl/α,β-unsaturated/α-hetero) is 1. The van der Waals surface area contributed by atoms with Crippen LogP contribution in [0.1, 0.15) is 39.1 Å². The summed E-state index contributed by atoms with van der Waals surface area (Å²) >= 11 is 0. The van der Waals surface area contributed by atoms with E-state index in [1.54, 1.807) is 55.6 Å². The van der Waals surface area contributed by atoms with Crippen LogP contribution >= 0.6 is 0 Å². The maximum Gasteiger partial charge on any atom is 0.337 e. The summed E-state index contributed by atoms with van der Waals surface area (Å²) in [5, 5.41) is 2.76. The molecule has 0 aliphatic carbocycles. The molecule has 0 radical (unpaired) electrons. The van der Waals surface area contributed by atoms with Crippen LogP contribution in [-0.2, 0) is 16.1 Å². The van der Waals surface area contributed by atoms with Crippen molar-refractivity contribution >= 4 is 17.7 Å². The average Bonchev–Trinajstić information content (AvgIpc) is 2.70. The zero-order valence-electron chi connectivity index (χ0n) is 14.8. The van der Waals surface area contributed by atoms with E-state index in [2.05, 4.69) is 10.1 Å². The first-order valence-corrected chi connectivity index (χ1v) is 8.14. The van der Waals surface area contributed by atoms with Gasteiger partial charge >= 0.3 is 5.97 Å². The van der Waals surface area contributed by atoms with Crippen LogP contribution in [-0.4, -0.2) is 31.9 Å². The fraction of sp³-hybridized carbons (Fsp3) is 0.250. The van der Waals surface area contributed by atoms with Crippen molar-refractivity contribution in [1.82, 2.24) is 5.32 Å². The minimum Gasteiger partial charge on any atom is -0.497 e. The highest BCUT2D eigenvalue weighted by Gasteiger charge is 2.10. The van der Waals surface area contributed by atoms with E-state index in [0.717, 1.165) is 5.56 Å². The first-order valence-electron chi connectivity index (χ1n) is 8.14. The van der Waals surface area contributed by atoms with Gasteiger partial charge in [-0.25, -0.2) is 4.79 Å². The predicted molar refractivity (Wildman–Crippen MR) is 96.2 cm³/mol. The molecule has 6 nitrogen and oxygen atoms in total. The molecule has 0 fully saturated rings. The Balaban J connectivity index is 1.77. The third-order valence-corrected chi connectivity index (χ3v) is 3.86. The standard InChI is InChI=1S/C20H21NO5/c1-25-17-9-7-15(8-10-17)18(22)11-12-19(23)21-13-14-3-5-16(6-4-14)20(24)26-2/h3-10H,11-13H2,1-2H3,(H,21,23). The summed E-state index contributed by atoms with van der Waals surface area (Å²) in [5.74, 6) is -0.0238. The molecular weight excluding hydrogens is 334 g/mol. The molecule has 1 amide bonds. The average molecular weight is 355 g/mol. The number of methoxy groups -OCH3 is 2. The van der Waals surface area contributed by atoms with E-state index in [-0.39, 0.29) is 24.5 Å². The molecule has 1 N–H and O–H groups in total. The predicted octanol–water partition coefficient (Wildman–Crippen LogP) is 2.76. The molecular formula is C20H21NO5. The van der Waals surface area contributed by atoms with Crippen LogP contribution < -0.4 is 10.1 Å². The molecule has 0 unspecified atom stereocenters. The van der Waals surface area contributed by atoms with E-state index in [1.807, 2.05) is 0 Å². The molecule has 26 heavy (non-hydrogen) atoms. The highest BCUT2D eigenvalue weighted by molar-refractivity contribution is 5.98. The van der Waals surface area contributed by atoms with Gasteiger partial charge < -0.3 is 14.8 Å². The van der Waals surface area contributed by atoms with Gasteiger partial charge in [0.15, 0.2) is 5.78 Å². The highest BCUT2D eigenvalue weighted by atomic mass is 16.5. The van der Waals surface area contributed by atoms with Crippen molar-refractivity contribution in [2.75, 3.05) is 14.2 Å². The monoisotopic (exact) mass is 355 g/mol. The quantitative estimate of drug-likeness (QED) is 0.582. The van der Waals surface area contributed by atoms with Crippen molar-refractivity contribution in [2.45, 2.75) is 19.4 Å². The van der Waals surface area contributed by atoms with Gasteiger partial charge in [-0.3, -0.25) is 9.59 Å². The molecule has 2 aromatic rings. The number of ketones is 1. The van der Waals surface area contributed by atoms with Crippen molar-refractivity contribution in [2.24, 2.45) is 0 Å². The Kier molecular flexibility index (Phi) is 6.91. The number of ether oxygens (including phenoxy) is 2. The van der Waals surface area contributed by atoms with E-state index < -0.39 is 5.97 Å². The van der Waals surface area contributed by atoms with Crippen molar-refractivity contribution in [3.8, 4) is 5.75 Å². The van der Waals surface area contributed by atoms with Crippen LogP contribution in [0.2, 0.25) is 0 Å². The second-order valence-corrected chi connectivity index (χ2v) is 5.62. The van der Waals surface area contributed by atoms with E-state index in [1.165, 1.54) is 7.11 Å². The molecule has 2 aromatic carbocycles. The van der Waals surface area contributed by atoms with Crippen LogP contribution in [0, 0.1) is 0 Å². The van der Waals surface area contributed by atoms with Crippen LogP contribution in [0.15, 0.2) is 48.5 Å². The van der Waals surface area contributed by atoms with E-state index >= 15 is 0 Å². The molecule has 0 heterocycles. The summed E-state index contributed by atoms with van der Waals surface area (Å²) in [5.41, 5.74) is 1.86. The Hall–Kier alpha value is -3.15. The SMILES string of the molecule is COC(=O)c1ccc(CNC(=O)CCC(=O)c2ccc(OC)cc2)cc1. The number of amides is 1. The lowest BCUT2D eigenvalue weighted by molar-refractivity contribution is -0.121. The molecule has 0 saturated carbocycles. The van der Waals surface area contributed by atoms with E-state index in [4.69, 9.17) is 4.74 Å². The van der Waals surface area contributed by atoms with Gasteiger partial charge in [0.25, 0.3) is 0 Å². The Labute approximate surface area is 152 Å². The number of benzene rings is 2. The first-order chi connectivity index (χ1) is 12.5. The number of carbonyl (C=O) groups is 3. The zero-order valence-corrected chi connectivity index (χ0v) is 14.8. The maximum absolute atomic E-state index is 12.1. The lowest BCUT2D eigenvalue weighted by Gasteiger charge is -2.06. The first kappa shape index (κ1) is 19.2. The van der Waals surface area contributed by atoms with Gasteiger partial charge in [-0.1, -0.05) is 12.1 Å². The molecule has 6 heteroatoms. The van der Waals surface area contributed by atoms with Crippen molar-refractivity contribution in [3.05, 3.63) is 65.2 Å². The second kappa shape index (κ2) is 9.36. The zero-order chi connectivity index (χ0) is 18.9. The Morgan fingerprint density at radius 1 is 0.846 bits per heavy atom. The smallest absolute Gasteiger partial charge is 0.337 e. The Morgan fingerprint density at radius 3 is 2.04 bits per heavy atom. The van der Waals surface area contributed by atoms with Crippen molar-refractivity contribution in [3.63, 3.8) is 0 Å². The lowest BCUT2D eigenvalue weighted by Crippen LogP contribution is -2.23. The molecule has 0 aliphatic heterocycles. The van der Waals surface area contributed by atoms with Gasteiger partial charge in [-0.15, -0.1) is 0 Å². The van der Waals surface area contributed by atoms with Crippen molar-refractivity contribution in [1.29, 1.82) is 0 Å². The maximum atomic E-state index is 12.1. The lowest BCUT2D eigenvalue weighted by atomic mass is 10.1. The van der Waals surface area contributed by atoms with Gasteiger partial charge in [0.1, 0.15) is 5.75 Å². The minimum absolute atomic E-state index is 0.0924. The molecule has 136 valence electrons. The number of carbonyl (C=O) groups excluding carboxylic acids is 3.